The van der Waals surface area contributed by atoms with E-state index < -0.39 is 28.6 Å². The van der Waals surface area contributed by atoms with Crippen molar-refractivity contribution < 1.29 is 9.47 Å². The first-order valence-electron chi connectivity index (χ1n) is 14.8. The number of ether oxygens (including phenoxy) is 2. The lowest BCUT2D eigenvalue weighted by Gasteiger charge is -2.50. The summed E-state index contributed by atoms with van der Waals surface area (Å²) >= 11 is 0. The molecule has 6 heteroatoms. The molecule has 2 bridgehead atoms. The fraction of sp³-hybridized carbons (Fsp3) is 0.867. The first-order valence-corrected chi connectivity index (χ1v) is 14.8. The van der Waals surface area contributed by atoms with E-state index in [4.69, 9.17) is 14.9 Å². The van der Waals surface area contributed by atoms with E-state index in [1.54, 1.807) is 0 Å². The molecule has 4 unspecified atom stereocenters. The van der Waals surface area contributed by atoms with Crippen molar-refractivity contribution in [1.82, 2.24) is 0 Å². The SMILES string of the molecule is CCCCCCCCCCCC1OC23CCCCCCCCCCC2C(C#N)(C(=N)O3)C1(C#N)C#N. The van der Waals surface area contributed by atoms with E-state index >= 15 is 0 Å². The normalized spacial score (nSPS) is 32.0. The lowest BCUT2D eigenvalue weighted by atomic mass is 9.52. The van der Waals surface area contributed by atoms with Gasteiger partial charge in [-0.05, 0) is 19.3 Å². The number of unbranched alkanes of at least 4 members (excludes halogenated alkanes) is 8. The molecule has 198 valence electrons. The summed E-state index contributed by atoms with van der Waals surface area (Å²) in [4.78, 5) is 0. The number of hydrogen-bond donors (Lipinski definition) is 1. The Kier molecular flexibility index (Phi) is 10.6. The summed E-state index contributed by atoms with van der Waals surface area (Å²) in [7, 11) is 0. The Bertz CT molecular complexity index is 838. The molecule has 0 aromatic rings. The summed E-state index contributed by atoms with van der Waals surface area (Å²) in [6.07, 6.45) is 20.4. The molecule has 1 N–H and O–H groups in total. The van der Waals surface area contributed by atoms with E-state index in [0.717, 1.165) is 51.4 Å². The molecule has 3 aliphatic rings. The number of nitriles is 3. The Balaban J connectivity index is 1.78. The van der Waals surface area contributed by atoms with Crippen LogP contribution in [0.5, 0.6) is 0 Å². The topological polar surface area (TPSA) is 114 Å². The van der Waals surface area contributed by atoms with Crippen molar-refractivity contribution in [1.29, 1.82) is 21.2 Å². The maximum Gasteiger partial charge on any atom is 0.217 e. The molecule has 2 saturated heterocycles. The van der Waals surface area contributed by atoms with Gasteiger partial charge in [-0.2, -0.15) is 15.8 Å². The van der Waals surface area contributed by atoms with E-state index in [9.17, 15) is 15.8 Å². The highest BCUT2D eigenvalue weighted by Gasteiger charge is 2.79. The van der Waals surface area contributed by atoms with Crippen molar-refractivity contribution in [2.75, 3.05) is 0 Å². The van der Waals surface area contributed by atoms with Crippen LogP contribution in [0.2, 0.25) is 0 Å². The van der Waals surface area contributed by atoms with E-state index in [1.165, 1.54) is 57.8 Å². The Labute approximate surface area is 218 Å². The smallest absolute Gasteiger partial charge is 0.217 e. The van der Waals surface area contributed by atoms with Crippen molar-refractivity contribution in [2.45, 2.75) is 147 Å². The van der Waals surface area contributed by atoms with Crippen LogP contribution in [0, 0.1) is 56.2 Å². The Morgan fingerprint density at radius 1 is 0.778 bits per heavy atom. The summed E-state index contributed by atoms with van der Waals surface area (Å²) in [5, 5.41) is 40.3. The molecule has 0 radical (unpaired) electrons. The van der Waals surface area contributed by atoms with Crippen LogP contribution in [-0.4, -0.2) is 17.8 Å². The lowest BCUT2D eigenvalue weighted by Crippen LogP contribution is -2.62. The molecule has 6 nitrogen and oxygen atoms in total. The van der Waals surface area contributed by atoms with Crippen LogP contribution in [0.3, 0.4) is 0 Å². The van der Waals surface area contributed by atoms with Crippen molar-refractivity contribution >= 4 is 5.90 Å². The molecular weight excluding hydrogens is 448 g/mol. The quantitative estimate of drug-likeness (QED) is 0.308. The summed E-state index contributed by atoms with van der Waals surface area (Å²) in [5.41, 5.74) is -3.29. The fourth-order valence-corrected chi connectivity index (χ4v) is 6.93. The molecule has 4 atom stereocenters. The highest BCUT2D eigenvalue weighted by molar-refractivity contribution is 5.89. The van der Waals surface area contributed by atoms with Crippen molar-refractivity contribution in [3.8, 4) is 18.2 Å². The molecule has 0 aromatic carbocycles. The van der Waals surface area contributed by atoms with Gasteiger partial charge < -0.3 is 9.47 Å². The molecule has 0 spiro atoms. The third kappa shape index (κ3) is 5.43. The molecule has 36 heavy (non-hydrogen) atoms. The Morgan fingerprint density at radius 2 is 1.33 bits per heavy atom. The van der Waals surface area contributed by atoms with Gasteiger partial charge in [-0.25, -0.2) is 0 Å². The highest BCUT2D eigenvalue weighted by Crippen LogP contribution is 2.65. The van der Waals surface area contributed by atoms with E-state index in [1.807, 2.05) is 0 Å². The van der Waals surface area contributed by atoms with Gasteiger partial charge in [0.2, 0.25) is 11.7 Å². The van der Waals surface area contributed by atoms with Crippen molar-refractivity contribution in [2.24, 2.45) is 16.7 Å². The fourth-order valence-electron chi connectivity index (χ4n) is 6.93. The number of nitrogens with zero attached hydrogens (tertiary/aromatic N) is 3. The van der Waals surface area contributed by atoms with Crippen LogP contribution in [0.1, 0.15) is 135 Å². The molecule has 0 aromatic heterocycles. The van der Waals surface area contributed by atoms with Gasteiger partial charge in [0.15, 0.2) is 10.8 Å². The van der Waals surface area contributed by atoms with Gasteiger partial charge in [-0.1, -0.05) is 110 Å². The zero-order chi connectivity index (χ0) is 25.9. The second kappa shape index (κ2) is 13.4. The molecule has 2 aliphatic heterocycles. The predicted octanol–water partition coefficient (Wildman–Crippen LogP) is 8.08. The average Bonchev–Trinajstić information content (AvgIpc) is 3.06. The first-order chi connectivity index (χ1) is 17.6. The van der Waals surface area contributed by atoms with E-state index in [2.05, 4.69) is 25.1 Å². The van der Waals surface area contributed by atoms with Gasteiger partial charge in [-0.15, -0.1) is 0 Å². The molecule has 3 fully saturated rings. The molecule has 2 heterocycles. The summed E-state index contributed by atoms with van der Waals surface area (Å²) in [6, 6.07) is 6.82. The van der Waals surface area contributed by atoms with Crippen LogP contribution < -0.4 is 0 Å². The monoisotopic (exact) mass is 494 g/mol. The first kappa shape index (κ1) is 28.5. The van der Waals surface area contributed by atoms with Crippen LogP contribution in [-0.2, 0) is 9.47 Å². The summed E-state index contributed by atoms with van der Waals surface area (Å²) in [5.74, 6) is -1.74. The highest BCUT2D eigenvalue weighted by atomic mass is 16.7. The van der Waals surface area contributed by atoms with Gasteiger partial charge >= 0.3 is 0 Å². The third-order valence-corrected chi connectivity index (χ3v) is 9.00. The Hall–Kier alpha value is -2.10. The van der Waals surface area contributed by atoms with E-state index in [0.29, 0.717) is 19.3 Å². The van der Waals surface area contributed by atoms with Crippen LogP contribution >= 0.6 is 0 Å². The second-order valence-electron chi connectivity index (χ2n) is 11.3. The summed E-state index contributed by atoms with van der Waals surface area (Å²) < 4.78 is 12.9. The molecule has 1 aliphatic carbocycles. The predicted molar refractivity (Wildman–Crippen MR) is 140 cm³/mol. The van der Waals surface area contributed by atoms with Gasteiger partial charge in [0.25, 0.3) is 0 Å². The lowest BCUT2D eigenvalue weighted by molar-refractivity contribution is -0.286. The largest absolute Gasteiger partial charge is 0.447 e. The minimum atomic E-state index is -1.72. The molecule has 1 saturated carbocycles. The maximum atomic E-state index is 10.6. The average molecular weight is 495 g/mol. The Morgan fingerprint density at radius 3 is 1.92 bits per heavy atom. The second-order valence-corrected chi connectivity index (χ2v) is 11.3. The minimum absolute atomic E-state index is 0.220. The summed E-state index contributed by atoms with van der Waals surface area (Å²) in [6.45, 7) is 2.23. The zero-order valence-electron chi connectivity index (χ0n) is 22.5. The van der Waals surface area contributed by atoms with Crippen molar-refractivity contribution in [3.63, 3.8) is 0 Å². The number of rotatable bonds is 10. The van der Waals surface area contributed by atoms with Crippen LogP contribution in [0.4, 0.5) is 0 Å². The minimum Gasteiger partial charge on any atom is -0.447 e. The van der Waals surface area contributed by atoms with E-state index in [-0.39, 0.29) is 5.90 Å². The molecule has 3 rings (SSSR count). The van der Waals surface area contributed by atoms with Crippen LogP contribution in [0.15, 0.2) is 0 Å². The van der Waals surface area contributed by atoms with Gasteiger partial charge in [0, 0.05) is 6.42 Å². The zero-order valence-corrected chi connectivity index (χ0v) is 22.5. The van der Waals surface area contributed by atoms with Gasteiger partial charge in [0.05, 0.1) is 30.2 Å². The number of nitrogens with one attached hydrogen (secondary N) is 1. The maximum absolute atomic E-state index is 10.6. The van der Waals surface area contributed by atoms with Crippen molar-refractivity contribution in [3.05, 3.63) is 0 Å². The van der Waals surface area contributed by atoms with Crippen LogP contribution in [0.25, 0.3) is 0 Å². The van der Waals surface area contributed by atoms with Gasteiger partial charge in [-0.3, -0.25) is 5.41 Å². The standard InChI is InChI=1S/C30H46N4O2/c1-2-3-4-5-6-7-11-14-17-20-26-28(22-31,23-32)29(24-33)25-19-16-13-10-8-9-12-15-18-21-30(25,35-26)36-27(29)34/h25-26,34H,2-21H2,1H3. The van der Waals surface area contributed by atoms with Gasteiger partial charge in [0.1, 0.15) is 0 Å². The molecule has 0 amide bonds. The third-order valence-electron chi connectivity index (χ3n) is 9.00. The molecular formula is C30H46N4O2. The number of hydrogen-bond acceptors (Lipinski definition) is 6.